The molecule has 4 heterocycles. The molecule has 10 rings (SSSR count). The topological polar surface area (TPSA) is 52.1 Å². The van der Waals surface area contributed by atoms with Gasteiger partial charge in [0, 0.05) is 44.7 Å². The number of aryl methyl sites for hydroxylation is 1. The molecule has 4 aromatic heterocycles. The Hall–Kier alpha value is -5.91. The molecule has 6 aromatic carbocycles. The van der Waals surface area contributed by atoms with Crippen LogP contribution in [0.1, 0.15) is 38.8 Å². The van der Waals surface area contributed by atoms with Gasteiger partial charge in [0.1, 0.15) is 11.2 Å². The molecule has 0 atom stereocenters. The van der Waals surface area contributed by atoms with Gasteiger partial charge in [-0.3, -0.25) is 0 Å². The van der Waals surface area contributed by atoms with E-state index >= 15 is 0 Å². The van der Waals surface area contributed by atoms with Gasteiger partial charge in [0.2, 0.25) is 0 Å². The zero-order chi connectivity index (χ0) is 45.9. The molecule has 0 saturated heterocycles. The van der Waals surface area contributed by atoms with E-state index in [0.29, 0.717) is 16.8 Å². The number of nitrogens with zero attached hydrogens (tertiary/aromatic N) is 2. The van der Waals surface area contributed by atoms with Gasteiger partial charge in [0.25, 0.3) is 0 Å². The number of rotatable bonds is 6. The van der Waals surface area contributed by atoms with Gasteiger partial charge in [-0.05, 0) is 80.4 Å². The van der Waals surface area contributed by atoms with Crippen molar-refractivity contribution in [2.45, 2.75) is 53.6 Å². The molecule has 0 N–H and O–H groups in total. The number of fused-ring (bicyclic) bond motifs is 6. The standard InChI is InChI=1S/C29H26NO.C26H22NOSi.Ir/c1-19-18-30-26(15-22(19)17-29(2,3)4)25-12-8-11-24-23-14-13-21(16-27(23)31-28(24)25)20-9-6-5-7-10-20;1-29(2,3)20-13-14-23(27-17-20)19-15-22(18-9-5-4-6-10-18)26-21-11-7-8-12-24(21)28-25(26)16-19;/h5-11,13-16,18H,17H2,1-4H3;4-15,17H,1-3H3;/q2*-1;/i1D3,17D2;;. The van der Waals surface area contributed by atoms with E-state index in [1.54, 1.807) is 32.9 Å². The third-order valence-electron chi connectivity index (χ3n) is 10.6. The van der Waals surface area contributed by atoms with Gasteiger partial charge in [-0.1, -0.05) is 178 Å². The molecule has 6 heteroatoms. The molecule has 305 valence electrons. The van der Waals surface area contributed by atoms with E-state index in [9.17, 15) is 0 Å². The molecular weight excluding hydrogens is 941 g/mol. The molecule has 0 amide bonds. The zero-order valence-electron chi connectivity index (χ0n) is 40.0. The minimum absolute atomic E-state index is 0. The molecule has 0 aliphatic rings. The van der Waals surface area contributed by atoms with Crippen LogP contribution in [0.15, 0.2) is 161 Å². The molecule has 1 radical (unpaired) electrons. The van der Waals surface area contributed by atoms with Crippen molar-refractivity contribution in [3.63, 3.8) is 0 Å². The third-order valence-corrected chi connectivity index (χ3v) is 12.6. The largest absolute Gasteiger partial charge is 0.501 e. The summed E-state index contributed by atoms with van der Waals surface area (Å²) < 4.78 is 54.0. The van der Waals surface area contributed by atoms with E-state index in [-0.39, 0.29) is 31.2 Å². The van der Waals surface area contributed by atoms with Crippen LogP contribution < -0.4 is 5.19 Å². The van der Waals surface area contributed by atoms with Crippen LogP contribution in [0.3, 0.4) is 0 Å². The molecule has 61 heavy (non-hydrogen) atoms. The number of aromatic nitrogens is 2. The van der Waals surface area contributed by atoms with Crippen LogP contribution in [-0.2, 0) is 26.5 Å². The Morgan fingerprint density at radius 3 is 2.10 bits per heavy atom. The summed E-state index contributed by atoms with van der Waals surface area (Å²) >= 11 is 0. The summed E-state index contributed by atoms with van der Waals surface area (Å²) in [6.07, 6.45) is 1.38. The Morgan fingerprint density at radius 1 is 0.672 bits per heavy atom. The van der Waals surface area contributed by atoms with E-state index in [1.165, 1.54) is 11.4 Å². The van der Waals surface area contributed by atoms with Gasteiger partial charge in [-0.25, -0.2) is 0 Å². The maximum Gasteiger partial charge on any atom is 0.123 e. The fourth-order valence-electron chi connectivity index (χ4n) is 7.60. The Labute approximate surface area is 380 Å². The van der Waals surface area contributed by atoms with Crippen molar-refractivity contribution in [2.24, 2.45) is 5.41 Å². The van der Waals surface area contributed by atoms with Crippen LogP contribution >= 0.6 is 0 Å². The summed E-state index contributed by atoms with van der Waals surface area (Å²) in [6, 6.07) is 53.2. The number of furan rings is 2. The summed E-state index contributed by atoms with van der Waals surface area (Å²) in [4.78, 5) is 9.21. The smallest absolute Gasteiger partial charge is 0.123 e. The Balaban J connectivity index is 0.000000180. The maximum atomic E-state index is 8.81. The minimum atomic E-state index is -2.50. The van der Waals surface area contributed by atoms with Crippen LogP contribution in [0, 0.1) is 24.4 Å². The second kappa shape index (κ2) is 16.9. The van der Waals surface area contributed by atoms with Crippen LogP contribution in [0.4, 0.5) is 0 Å². The van der Waals surface area contributed by atoms with Crippen molar-refractivity contribution in [3.05, 3.63) is 175 Å². The molecular formula is C55H48IrN2O2Si-2. The SMILES string of the molecule is C[Si](C)(C)c1ccc(-c2[c-]c3oc4ccccc4c3c(-c3ccccc3)c2)nc1.[2H]C([2H])([2H])c1cnc(-c2[c-]ccc3c2oc2cc(-c4ccccc4)ccc23)cc1C([2H])([2H])C(C)(C)C.[Ir]. The first-order chi connectivity index (χ1) is 30.9. The summed E-state index contributed by atoms with van der Waals surface area (Å²) in [5, 5.41) is 5.42. The van der Waals surface area contributed by atoms with Crippen LogP contribution in [-0.4, -0.2) is 18.0 Å². The zero-order valence-corrected chi connectivity index (χ0v) is 38.4. The average Bonchev–Trinajstić information content (AvgIpc) is 3.86. The van der Waals surface area contributed by atoms with Crippen LogP contribution in [0.2, 0.25) is 19.6 Å². The Kier molecular flexibility index (Phi) is 9.90. The van der Waals surface area contributed by atoms with E-state index < -0.39 is 26.7 Å². The molecule has 0 aliphatic heterocycles. The fraction of sp³-hybridized carbons (Fsp3) is 0.164. The summed E-state index contributed by atoms with van der Waals surface area (Å²) in [6.45, 7) is 9.78. The van der Waals surface area contributed by atoms with Crippen molar-refractivity contribution in [2.75, 3.05) is 0 Å². The molecule has 0 bridgehead atoms. The van der Waals surface area contributed by atoms with Crippen molar-refractivity contribution in [1.82, 2.24) is 9.97 Å². The van der Waals surface area contributed by atoms with Gasteiger partial charge in [-0.15, -0.1) is 29.8 Å². The molecule has 0 spiro atoms. The summed E-state index contributed by atoms with van der Waals surface area (Å²) in [5.41, 5.74) is 9.43. The van der Waals surface area contributed by atoms with E-state index in [4.69, 9.17) is 20.7 Å². The third kappa shape index (κ3) is 8.67. The average molecular weight is 994 g/mol. The van der Waals surface area contributed by atoms with E-state index in [2.05, 4.69) is 97.4 Å². The summed E-state index contributed by atoms with van der Waals surface area (Å²) in [5.74, 6) is 0. The van der Waals surface area contributed by atoms with Crippen molar-refractivity contribution >= 4 is 57.1 Å². The minimum Gasteiger partial charge on any atom is -0.501 e. The van der Waals surface area contributed by atoms with Gasteiger partial charge < -0.3 is 18.8 Å². The maximum absolute atomic E-state index is 8.81. The van der Waals surface area contributed by atoms with Crippen molar-refractivity contribution < 1.29 is 35.8 Å². The Morgan fingerprint density at radius 2 is 1.39 bits per heavy atom. The first-order valence-corrected chi connectivity index (χ1v) is 23.7. The normalized spacial score (nSPS) is 13.4. The van der Waals surface area contributed by atoms with Gasteiger partial charge >= 0.3 is 0 Å². The Bertz CT molecular complexity index is 3350. The van der Waals surface area contributed by atoms with Gasteiger partial charge in [0.05, 0.1) is 19.2 Å². The number of hydrogen-bond acceptors (Lipinski definition) is 4. The molecule has 4 nitrogen and oxygen atoms in total. The van der Waals surface area contributed by atoms with E-state index in [1.807, 2.05) is 72.9 Å². The van der Waals surface area contributed by atoms with Crippen molar-refractivity contribution in [3.8, 4) is 44.8 Å². The molecule has 0 aliphatic carbocycles. The van der Waals surface area contributed by atoms with E-state index in [0.717, 1.165) is 71.8 Å². The number of pyridine rings is 2. The van der Waals surface area contributed by atoms with Gasteiger partial charge in [0.15, 0.2) is 0 Å². The van der Waals surface area contributed by atoms with Crippen molar-refractivity contribution in [1.29, 1.82) is 0 Å². The molecule has 0 saturated carbocycles. The molecule has 0 fully saturated rings. The fourth-order valence-corrected chi connectivity index (χ4v) is 8.63. The second-order valence-electron chi connectivity index (χ2n) is 17.2. The van der Waals surface area contributed by atoms with Crippen LogP contribution in [0.25, 0.3) is 88.6 Å². The predicted molar refractivity (Wildman–Crippen MR) is 253 cm³/mol. The molecule has 0 unspecified atom stereocenters. The number of hydrogen-bond donors (Lipinski definition) is 0. The summed E-state index contributed by atoms with van der Waals surface area (Å²) in [7, 11) is -1.38. The van der Waals surface area contributed by atoms with Gasteiger partial charge in [-0.2, -0.15) is 0 Å². The quantitative estimate of drug-likeness (QED) is 0.123. The first-order valence-electron chi connectivity index (χ1n) is 22.7. The molecule has 10 aromatic rings. The first kappa shape index (κ1) is 35.8. The number of benzene rings is 6. The van der Waals surface area contributed by atoms with Crippen LogP contribution in [0.5, 0.6) is 0 Å². The monoisotopic (exact) mass is 994 g/mol. The second-order valence-corrected chi connectivity index (χ2v) is 22.3. The predicted octanol–water partition coefficient (Wildman–Crippen LogP) is 14.7. The number of para-hydroxylation sites is 1.